The quantitative estimate of drug-likeness (QED) is 0.632. The summed E-state index contributed by atoms with van der Waals surface area (Å²) < 4.78 is 12.6. The van der Waals surface area contributed by atoms with E-state index in [9.17, 15) is 9.59 Å². The van der Waals surface area contributed by atoms with E-state index in [1.807, 2.05) is 25.1 Å². The first-order chi connectivity index (χ1) is 14.1. The van der Waals surface area contributed by atoms with Gasteiger partial charge in [-0.25, -0.2) is 9.78 Å². The summed E-state index contributed by atoms with van der Waals surface area (Å²) >= 11 is 0. The first-order valence-corrected chi connectivity index (χ1v) is 9.91. The van der Waals surface area contributed by atoms with Crippen molar-refractivity contribution in [1.82, 2.24) is 9.55 Å². The standard InChI is InChI=1S/C23H24N2O4/c1-15-7-10-20(28-2)17(12-15)14-29-23(27)16-8-9-18-19(13-16)24-21-6-4-3-5-11-25(21)22(18)26/h7-10,12-13H,3-6,11,14H2,1-2H3. The minimum atomic E-state index is -0.452. The lowest BCUT2D eigenvalue weighted by Gasteiger charge is -2.12. The highest BCUT2D eigenvalue weighted by atomic mass is 16.5. The van der Waals surface area contributed by atoms with Gasteiger partial charge < -0.3 is 9.47 Å². The number of methoxy groups -OCH3 is 1. The van der Waals surface area contributed by atoms with Crippen molar-refractivity contribution < 1.29 is 14.3 Å². The number of ether oxygens (including phenoxy) is 2. The maximum absolute atomic E-state index is 12.8. The molecule has 2 aromatic carbocycles. The Hall–Kier alpha value is -3.15. The average Bonchev–Trinajstić information content (AvgIpc) is 2.97. The second kappa shape index (κ2) is 8.07. The molecule has 0 saturated heterocycles. The van der Waals surface area contributed by atoms with Crippen LogP contribution in [-0.4, -0.2) is 22.6 Å². The molecule has 29 heavy (non-hydrogen) atoms. The minimum absolute atomic E-state index is 0.0312. The second-order valence-corrected chi connectivity index (χ2v) is 7.42. The van der Waals surface area contributed by atoms with E-state index < -0.39 is 5.97 Å². The average molecular weight is 392 g/mol. The first kappa shape index (κ1) is 19.2. The van der Waals surface area contributed by atoms with Crippen molar-refractivity contribution in [1.29, 1.82) is 0 Å². The van der Waals surface area contributed by atoms with Gasteiger partial charge in [0.2, 0.25) is 0 Å². The number of rotatable bonds is 4. The third kappa shape index (κ3) is 3.88. The number of hydrogen-bond donors (Lipinski definition) is 0. The van der Waals surface area contributed by atoms with E-state index in [4.69, 9.17) is 9.47 Å². The number of benzene rings is 2. The largest absolute Gasteiger partial charge is 0.496 e. The lowest BCUT2D eigenvalue weighted by Crippen LogP contribution is -2.24. The summed E-state index contributed by atoms with van der Waals surface area (Å²) in [5.74, 6) is 1.03. The molecule has 2 heterocycles. The monoisotopic (exact) mass is 392 g/mol. The molecule has 0 amide bonds. The maximum Gasteiger partial charge on any atom is 0.338 e. The molecule has 3 aromatic rings. The van der Waals surface area contributed by atoms with Gasteiger partial charge in [-0.3, -0.25) is 9.36 Å². The van der Waals surface area contributed by atoms with E-state index in [1.54, 1.807) is 29.9 Å². The molecule has 0 saturated carbocycles. The van der Waals surface area contributed by atoms with Gasteiger partial charge in [-0.2, -0.15) is 0 Å². The van der Waals surface area contributed by atoms with Crippen LogP contribution in [0.1, 0.15) is 46.6 Å². The van der Waals surface area contributed by atoms with Crippen molar-refractivity contribution in [3.8, 4) is 5.75 Å². The molecule has 0 aliphatic carbocycles. The van der Waals surface area contributed by atoms with Crippen molar-refractivity contribution >= 4 is 16.9 Å². The van der Waals surface area contributed by atoms with Crippen LogP contribution in [0.5, 0.6) is 5.75 Å². The number of aryl methyl sites for hydroxylation is 2. The normalized spacial score (nSPS) is 13.6. The molecule has 0 fully saturated rings. The fourth-order valence-corrected chi connectivity index (χ4v) is 3.79. The Bertz CT molecular complexity index is 1130. The Balaban J connectivity index is 1.60. The van der Waals surface area contributed by atoms with E-state index in [2.05, 4.69) is 4.98 Å². The zero-order valence-electron chi connectivity index (χ0n) is 16.7. The Morgan fingerprint density at radius 1 is 1.14 bits per heavy atom. The van der Waals surface area contributed by atoms with Gasteiger partial charge in [0.05, 0.1) is 23.6 Å². The molecule has 0 N–H and O–H groups in total. The van der Waals surface area contributed by atoms with Gasteiger partial charge in [0.1, 0.15) is 18.2 Å². The van der Waals surface area contributed by atoms with E-state index in [0.717, 1.165) is 42.6 Å². The summed E-state index contributed by atoms with van der Waals surface area (Å²) in [6.07, 6.45) is 3.90. The summed E-state index contributed by atoms with van der Waals surface area (Å²) in [5, 5.41) is 0.535. The molecule has 4 rings (SSSR count). The summed E-state index contributed by atoms with van der Waals surface area (Å²) in [5.41, 5.74) is 2.77. The number of nitrogens with zero attached hydrogens (tertiary/aromatic N) is 2. The van der Waals surface area contributed by atoms with Crippen LogP contribution in [0.15, 0.2) is 41.2 Å². The number of carbonyl (C=O) groups excluding carboxylic acids is 1. The van der Waals surface area contributed by atoms with Crippen molar-refractivity contribution in [2.45, 2.75) is 45.8 Å². The fraction of sp³-hybridized carbons (Fsp3) is 0.348. The smallest absolute Gasteiger partial charge is 0.338 e. The highest BCUT2D eigenvalue weighted by Gasteiger charge is 2.16. The highest BCUT2D eigenvalue weighted by Crippen LogP contribution is 2.22. The van der Waals surface area contributed by atoms with Crippen LogP contribution in [0, 0.1) is 6.92 Å². The van der Waals surface area contributed by atoms with Gasteiger partial charge in [0.25, 0.3) is 5.56 Å². The molecular formula is C23H24N2O4. The summed E-state index contributed by atoms with van der Waals surface area (Å²) in [4.78, 5) is 30.1. The first-order valence-electron chi connectivity index (χ1n) is 9.91. The molecule has 1 aliphatic rings. The minimum Gasteiger partial charge on any atom is -0.496 e. The van der Waals surface area contributed by atoms with Crippen LogP contribution >= 0.6 is 0 Å². The lowest BCUT2D eigenvalue weighted by atomic mass is 10.1. The van der Waals surface area contributed by atoms with Gasteiger partial charge >= 0.3 is 5.97 Å². The Labute approximate surface area is 169 Å². The predicted octanol–water partition coefficient (Wildman–Crippen LogP) is 3.80. The Morgan fingerprint density at radius 2 is 2.00 bits per heavy atom. The molecule has 0 radical (unpaired) electrons. The van der Waals surface area contributed by atoms with E-state index in [0.29, 0.717) is 28.8 Å². The zero-order chi connectivity index (χ0) is 20.4. The highest BCUT2D eigenvalue weighted by molar-refractivity contribution is 5.94. The number of esters is 1. The zero-order valence-corrected chi connectivity index (χ0v) is 16.7. The Morgan fingerprint density at radius 3 is 2.83 bits per heavy atom. The van der Waals surface area contributed by atoms with Crippen LogP contribution in [0.2, 0.25) is 0 Å². The molecule has 1 aromatic heterocycles. The second-order valence-electron chi connectivity index (χ2n) is 7.42. The van der Waals surface area contributed by atoms with Gasteiger partial charge in [0, 0.05) is 18.5 Å². The summed E-state index contributed by atoms with van der Waals surface area (Å²) in [6.45, 7) is 2.79. The molecule has 0 spiro atoms. The van der Waals surface area contributed by atoms with Crippen LogP contribution in [0.4, 0.5) is 0 Å². The van der Waals surface area contributed by atoms with Crippen molar-refractivity contribution in [3.63, 3.8) is 0 Å². The SMILES string of the molecule is COc1ccc(C)cc1COC(=O)c1ccc2c(=O)n3c(nc2c1)CCCCC3. The topological polar surface area (TPSA) is 70.4 Å². The molecule has 0 bridgehead atoms. The lowest BCUT2D eigenvalue weighted by molar-refractivity contribution is 0.0470. The molecular weight excluding hydrogens is 368 g/mol. The summed E-state index contributed by atoms with van der Waals surface area (Å²) in [6, 6.07) is 10.7. The Kier molecular flexibility index (Phi) is 5.34. The van der Waals surface area contributed by atoms with Gasteiger partial charge in [0.15, 0.2) is 0 Å². The van der Waals surface area contributed by atoms with E-state index >= 15 is 0 Å². The van der Waals surface area contributed by atoms with Gasteiger partial charge in [-0.15, -0.1) is 0 Å². The number of aromatic nitrogens is 2. The number of hydrogen-bond acceptors (Lipinski definition) is 5. The van der Waals surface area contributed by atoms with Crippen molar-refractivity contribution in [2.24, 2.45) is 0 Å². The molecule has 150 valence electrons. The molecule has 6 heteroatoms. The van der Waals surface area contributed by atoms with Crippen molar-refractivity contribution in [3.05, 3.63) is 69.3 Å². The predicted molar refractivity (Wildman–Crippen MR) is 110 cm³/mol. The van der Waals surface area contributed by atoms with Crippen LogP contribution < -0.4 is 10.3 Å². The van der Waals surface area contributed by atoms with E-state index in [1.165, 1.54) is 0 Å². The number of fused-ring (bicyclic) bond motifs is 2. The third-order valence-electron chi connectivity index (χ3n) is 5.35. The molecule has 1 aliphatic heterocycles. The van der Waals surface area contributed by atoms with E-state index in [-0.39, 0.29) is 12.2 Å². The van der Waals surface area contributed by atoms with Crippen LogP contribution in [0.25, 0.3) is 10.9 Å². The van der Waals surface area contributed by atoms with Crippen LogP contribution in [0.3, 0.4) is 0 Å². The fourth-order valence-electron chi connectivity index (χ4n) is 3.79. The number of carbonyl (C=O) groups is 1. The van der Waals surface area contributed by atoms with Gasteiger partial charge in [-0.1, -0.05) is 18.1 Å². The molecule has 6 nitrogen and oxygen atoms in total. The maximum atomic E-state index is 12.8. The van der Waals surface area contributed by atoms with Gasteiger partial charge in [-0.05, 0) is 50.1 Å². The summed E-state index contributed by atoms with van der Waals surface area (Å²) in [7, 11) is 1.59. The van der Waals surface area contributed by atoms with Crippen LogP contribution in [-0.2, 0) is 24.3 Å². The third-order valence-corrected chi connectivity index (χ3v) is 5.35. The molecule has 0 unspecified atom stereocenters. The van der Waals surface area contributed by atoms with Crippen molar-refractivity contribution in [2.75, 3.05) is 7.11 Å². The molecule has 0 atom stereocenters.